The lowest BCUT2D eigenvalue weighted by molar-refractivity contribution is -0.147. The van der Waals surface area contributed by atoms with Crippen LogP contribution in [0.15, 0.2) is 42.5 Å². The minimum absolute atomic E-state index is 0.129. The standard InChI is InChI=1S/C19H18Cl2N2O5/c1-27-15-8-3-2-6-13(15)22-17(25)11-28-18(26)10-9-16(24)23-14-7-4-5-12(20)19(14)21/h2-8H,9-11H2,1H3,(H,22,25)(H,23,24). The summed E-state index contributed by atoms with van der Waals surface area (Å²) in [5, 5.41) is 5.66. The molecule has 2 aromatic rings. The van der Waals surface area contributed by atoms with Gasteiger partial charge in [-0.1, -0.05) is 41.4 Å². The normalized spacial score (nSPS) is 10.1. The van der Waals surface area contributed by atoms with Crippen LogP contribution in [0, 0.1) is 0 Å². The van der Waals surface area contributed by atoms with E-state index in [0.29, 0.717) is 22.1 Å². The van der Waals surface area contributed by atoms with Crippen molar-refractivity contribution >= 4 is 52.4 Å². The molecule has 0 unspecified atom stereocenters. The van der Waals surface area contributed by atoms with Crippen molar-refractivity contribution in [3.05, 3.63) is 52.5 Å². The molecular formula is C19H18Cl2N2O5. The van der Waals surface area contributed by atoms with E-state index in [1.54, 1.807) is 42.5 Å². The minimum atomic E-state index is -0.678. The van der Waals surface area contributed by atoms with Crippen molar-refractivity contribution in [2.24, 2.45) is 0 Å². The number of methoxy groups -OCH3 is 1. The fourth-order valence-corrected chi connectivity index (χ4v) is 2.53. The zero-order valence-electron chi connectivity index (χ0n) is 15.0. The Bertz CT molecular complexity index is 873. The van der Waals surface area contributed by atoms with Crippen molar-refractivity contribution in [1.29, 1.82) is 0 Å². The monoisotopic (exact) mass is 424 g/mol. The SMILES string of the molecule is COc1ccccc1NC(=O)COC(=O)CCC(=O)Nc1cccc(Cl)c1Cl. The summed E-state index contributed by atoms with van der Waals surface area (Å²) < 4.78 is 9.99. The third kappa shape index (κ3) is 6.44. The van der Waals surface area contributed by atoms with Crippen LogP contribution in [0.25, 0.3) is 0 Å². The maximum absolute atomic E-state index is 11.9. The second kappa shape index (κ2) is 10.5. The Balaban J connectivity index is 1.74. The van der Waals surface area contributed by atoms with Gasteiger partial charge in [-0.15, -0.1) is 0 Å². The Kier molecular flexibility index (Phi) is 8.10. The largest absolute Gasteiger partial charge is 0.495 e. The van der Waals surface area contributed by atoms with E-state index in [1.165, 1.54) is 7.11 Å². The summed E-state index contributed by atoms with van der Waals surface area (Å²) in [6.07, 6.45) is -0.318. The summed E-state index contributed by atoms with van der Waals surface area (Å²) >= 11 is 11.9. The Morgan fingerprint density at radius 1 is 0.893 bits per heavy atom. The van der Waals surface area contributed by atoms with Gasteiger partial charge in [-0.05, 0) is 24.3 Å². The van der Waals surface area contributed by atoms with Gasteiger partial charge >= 0.3 is 5.97 Å². The van der Waals surface area contributed by atoms with Crippen LogP contribution in [-0.2, 0) is 19.1 Å². The van der Waals surface area contributed by atoms with Crippen molar-refractivity contribution < 1.29 is 23.9 Å². The first-order valence-electron chi connectivity index (χ1n) is 8.23. The highest BCUT2D eigenvalue weighted by Crippen LogP contribution is 2.29. The molecule has 0 heterocycles. The number of amides is 2. The molecule has 0 spiro atoms. The highest BCUT2D eigenvalue weighted by atomic mass is 35.5. The van der Waals surface area contributed by atoms with Crippen LogP contribution in [0.1, 0.15) is 12.8 Å². The van der Waals surface area contributed by atoms with Gasteiger partial charge in [0.1, 0.15) is 5.75 Å². The summed E-state index contributed by atoms with van der Waals surface area (Å²) in [6, 6.07) is 11.7. The number of rotatable bonds is 8. The number of hydrogen-bond acceptors (Lipinski definition) is 5. The van der Waals surface area contributed by atoms with Crippen LogP contribution in [0.4, 0.5) is 11.4 Å². The van der Waals surface area contributed by atoms with Crippen molar-refractivity contribution in [3.8, 4) is 5.75 Å². The zero-order valence-corrected chi connectivity index (χ0v) is 16.5. The van der Waals surface area contributed by atoms with Crippen molar-refractivity contribution in [2.75, 3.05) is 24.4 Å². The van der Waals surface area contributed by atoms with E-state index in [0.717, 1.165) is 0 Å². The second-order valence-electron chi connectivity index (χ2n) is 5.56. The predicted octanol–water partition coefficient (Wildman–Crippen LogP) is 3.90. The van der Waals surface area contributed by atoms with Gasteiger partial charge in [-0.3, -0.25) is 14.4 Å². The van der Waals surface area contributed by atoms with E-state index in [4.69, 9.17) is 32.7 Å². The maximum Gasteiger partial charge on any atom is 0.306 e. The molecule has 9 heteroatoms. The molecule has 0 fully saturated rings. The average Bonchev–Trinajstić information content (AvgIpc) is 2.68. The fraction of sp³-hybridized carbons (Fsp3) is 0.211. The van der Waals surface area contributed by atoms with Crippen LogP contribution in [0.3, 0.4) is 0 Å². The van der Waals surface area contributed by atoms with E-state index < -0.39 is 24.4 Å². The molecule has 0 aliphatic rings. The van der Waals surface area contributed by atoms with E-state index in [9.17, 15) is 14.4 Å². The summed E-state index contributed by atoms with van der Waals surface area (Å²) in [4.78, 5) is 35.5. The number of halogens is 2. The first kappa shape index (κ1) is 21.5. The number of carbonyl (C=O) groups excluding carboxylic acids is 3. The Morgan fingerprint density at radius 3 is 2.32 bits per heavy atom. The number of carbonyl (C=O) groups is 3. The third-order valence-corrected chi connectivity index (χ3v) is 4.35. The lowest BCUT2D eigenvalue weighted by atomic mass is 10.2. The molecule has 0 radical (unpaired) electrons. The first-order valence-corrected chi connectivity index (χ1v) is 8.98. The smallest absolute Gasteiger partial charge is 0.306 e. The molecule has 0 atom stereocenters. The number of ether oxygens (including phenoxy) is 2. The number of anilines is 2. The molecule has 0 bridgehead atoms. The van der Waals surface area contributed by atoms with E-state index in [-0.39, 0.29) is 17.9 Å². The van der Waals surface area contributed by atoms with E-state index in [2.05, 4.69) is 10.6 Å². The van der Waals surface area contributed by atoms with Crippen LogP contribution in [-0.4, -0.2) is 31.5 Å². The molecule has 0 saturated carbocycles. The van der Waals surface area contributed by atoms with Gasteiger partial charge in [0.05, 0.1) is 35.0 Å². The van der Waals surface area contributed by atoms with Gasteiger partial charge < -0.3 is 20.1 Å². The molecule has 2 amide bonds. The van der Waals surface area contributed by atoms with Crippen LogP contribution < -0.4 is 15.4 Å². The lowest BCUT2D eigenvalue weighted by Gasteiger charge is -2.10. The summed E-state index contributed by atoms with van der Waals surface area (Å²) in [6.45, 7) is -0.474. The molecule has 0 saturated heterocycles. The summed E-state index contributed by atoms with van der Waals surface area (Å²) in [7, 11) is 1.48. The number of benzene rings is 2. The first-order chi connectivity index (χ1) is 13.4. The average molecular weight is 425 g/mol. The van der Waals surface area contributed by atoms with Gasteiger partial charge in [-0.25, -0.2) is 0 Å². The Morgan fingerprint density at radius 2 is 1.57 bits per heavy atom. The Hall–Kier alpha value is -2.77. The van der Waals surface area contributed by atoms with Crippen LogP contribution >= 0.6 is 23.2 Å². The number of nitrogens with one attached hydrogen (secondary N) is 2. The molecule has 0 aliphatic heterocycles. The second-order valence-corrected chi connectivity index (χ2v) is 6.34. The molecule has 7 nitrogen and oxygen atoms in total. The molecule has 2 N–H and O–H groups in total. The molecule has 28 heavy (non-hydrogen) atoms. The summed E-state index contributed by atoms with van der Waals surface area (Å²) in [5.74, 6) is -1.14. The predicted molar refractivity (Wildman–Crippen MR) is 107 cm³/mol. The van der Waals surface area contributed by atoms with Crippen LogP contribution in [0.5, 0.6) is 5.75 Å². The third-order valence-electron chi connectivity index (χ3n) is 3.53. The van der Waals surface area contributed by atoms with Gasteiger partial charge in [0.25, 0.3) is 5.91 Å². The Labute approximate surface area is 171 Å². The fourth-order valence-electron chi connectivity index (χ4n) is 2.18. The molecule has 0 aromatic heterocycles. The highest BCUT2D eigenvalue weighted by molar-refractivity contribution is 6.44. The van der Waals surface area contributed by atoms with Gasteiger partial charge in [0, 0.05) is 6.42 Å². The van der Waals surface area contributed by atoms with Gasteiger partial charge in [0.2, 0.25) is 5.91 Å². The lowest BCUT2D eigenvalue weighted by Crippen LogP contribution is -2.22. The van der Waals surface area contributed by atoms with Crippen molar-refractivity contribution in [3.63, 3.8) is 0 Å². The van der Waals surface area contributed by atoms with E-state index in [1.807, 2.05) is 0 Å². The quantitative estimate of drug-likeness (QED) is 0.626. The molecule has 2 rings (SSSR count). The molecule has 148 valence electrons. The number of hydrogen-bond donors (Lipinski definition) is 2. The van der Waals surface area contributed by atoms with Gasteiger partial charge in [-0.2, -0.15) is 0 Å². The maximum atomic E-state index is 11.9. The minimum Gasteiger partial charge on any atom is -0.495 e. The number of esters is 1. The topological polar surface area (TPSA) is 93.7 Å². The highest BCUT2D eigenvalue weighted by Gasteiger charge is 2.13. The molecule has 2 aromatic carbocycles. The molecular weight excluding hydrogens is 407 g/mol. The van der Waals surface area contributed by atoms with Gasteiger partial charge in [0.15, 0.2) is 6.61 Å². The van der Waals surface area contributed by atoms with Crippen LogP contribution in [0.2, 0.25) is 10.0 Å². The zero-order chi connectivity index (χ0) is 20.5. The van der Waals surface area contributed by atoms with E-state index >= 15 is 0 Å². The summed E-state index contributed by atoms with van der Waals surface area (Å²) in [5.41, 5.74) is 0.813. The molecule has 0 aliphatic carbocycles. The van der Waals surface area contributed by atoms with Crippen molar-refractivity contribution in [2.45, 2.75) is 12.8 Å². The number of para-hydroxylation sites is 2. The van der Waals surface area contributed by atoms with Crippen molar-refractivity contribution in [1.82, 2.24) is 0 Å².